The van der Waals surface area contributed by atoms with E-state index in [2.05, 4.69) is 10.6 Å². The van der Waals surface area contributed by atoms with Crippen LogP contribution in [0.25, 0.3) is 0 Å². The van der Waals surface area contributed by atoms with Gasteiger partial charge < -0.3 is 20.1 Å². The molecule has 0 radical (unpaired) electrons. The van der Waals surface area contributed by atoms with Crippen molar-refractivity contribution in [1.29, 1.82) is 0 Å². The third kappa shape index (κ3) is 4.78. The Labute approximate surface area is 177 Å². The second kappa shape index (κ2) is 9.40. The summed E-state index contributed by atoms with van der Waals surface area (Å²) in [5, 5.41) is 16.6. The summed E-state index contributed by atoms with van der Waals surface area (Å²) in [6.45, 7) is 0. The number of amides is 2. The number of nitro groups is 1. The first-order chi connectivity index (χ1) is 14.9. The Morgan fingerprint density at radius 2 is 1.32 bits per heavy atom. The van der Waals surface area contributed by atoms with Gasteiger partial charge in [0.1, 0.15) is 17.2 Å². The lowest BCUT2D eigenvalue weighted by Gasteiger charge is -2.12. The summed E-state index contributed by atoms with van der Waals surface area (Å²) >= 11 is 0. The number of hydrogen-bond donors (Lipinski definition) is 2. The number of benzene rings is 3. The molecule has 3 rings (SSSR count). The number of carbonyl (C=O) groups excluding carboxylic acids is 2. The molecule has 2 amide bonds. The predicted octanol–water partition coefficient (Wildman–Crippen LogP) is 4.12. The monoisotopic (exact) mass is 421 g/mol. The molecule has 158 valence electrons. The number of anilines is 2. The van der Waals surface area contributed by atoms with Gasteiger partial charge in [-0.3, -0.25) is 19.7 Å². The molecule has 31 heavy (non-hydrogen) atoms. The van der Waals surface area contributed by atoms with Gasteiger partial charge in [0, 0.05) is 11.8 Å². The number of ether oxygens (including phenoxy) is 2. The molecule has 0 aromatic heterocycles. The van der Waals surface area contributed by atoms with E-state index in [1.807, 2.05) is 0 Å². The molecule has 0 atom stereocenters. The second-order valence-electron chi connectivity index (χ2n) is 6.30. The van der Waals surface area contributed by atoms with Crippen LogP contribution in [0.4, 0.5) is 17.1 Å². The Balaban J connectivity index is 1.90. The summed E-state index contributed by atoms with van der Waals surface area (Å²) in [6.07, 6.45) is 0. The molecule has 0 spiro atoms. The summed E-state index contributed by atoms with van der Waals surface area (Å²) in [6, 6.07) is 17.0. The third-order valence-corrected chi connectivity index (χ3v) is 4.40. The molecule has 3 aromatic rings. The molecule has 0 aliphatic heterocycles. The van der Waals surface area contributed by atoms with Crippen molar-refractivity contribution in [3.63, 3.8) is 0 Å². The number of nitrogens with zero attached hydrogens (tertiary/aromatic N) is 1. The van der Waals surface area contributed by atoms with Gasteiger partial charge in [0.05, 0.1) is 30.3 Å². The van der Waals surface area contributed by atoms with Gasteiger partial charge in [0.25, 0.3) is 17.5 Å². The molecule has 0 aliphatic rings. The van der Waals surface area contributed by atoms with E-state index in [1.54, 1.807) is 42.5 Å². The van der Waals surface area contributed by atoms with Crippen molar-refractivity contribution in [2.45, 2.75) is 0 Å². The van der Waals surface area contributed by atoms with Crippen LogP contribution in [0.2, 0.25) is 0 Å². The normalized spacial score (nSPS) is 10.1. The molecule has 0 bridgehead atoms. The van der Waals surface area contributed by atoms with E-state index in [-0.39, 0.29) is 22.6 Å². The molecule has 0 fully saturated rings. The molecule has 0 aliphatic carbocycles. The summed E-state index contributed by atoms with van der Waals surface area (Å²) in [5.41, 5.74) is 0.375. The van der Waals surface area contributed by atoms with E-state index >= 15 is 0 Å². The zero-order chi connectivity index (χ0) is 22.4. The van der Waals surface area contributed by atoms with Crippen molar-refractivity contribution in [3.05, 3.63) is 88.0 Å². The first kappa shape index (κ1) is 21.3. The minimum Gasteiger partial charge on any atom is -0.496 e. The molecule has 3 aromatic carbocycles. The highest BCUT2D eigenvalue weighted by Crippen LogP contribution is 2.30. The van der Waals surface area contributed by atoms with Crippen LogP contribution < -0.4 is 20.1 Å². The molecule has 0 saturated heterocycles. The number of carbonyl (C=O) groups is 2. The first-order valence-corrected chi connectivity index (χ1v) is 9.11. The van der Waals surface area contributed by atoms with Crippen LogP contribution >= 0.6 is 0 Å². The Bertz CT molecular complexity index is 1150. The van der Waals surface area contributed by atoms with Crippen LogP contribution in [0.3, 0.4) is 0 Å². The van der Waals surface area contributed by atoms with Gasteiger partial charge in [-0.15, -0.1) is 0 Å². The maximum absolute atomic E-state index is 12.7. The highest BCUT2D eigenvalue weighted by atomic mass is 16.6. The largest absolute Gasteiger partial charge is 0.496 e. The van der Waals surface area contributed by atoms with Crippen molar-refractivity contribution in [1.82, 2.24) is 0 Å². The topological polar surface area (TPSA) is 120 Å². The molecule has 9 nitrogen and oxygen atoms in total. The highest BCUT2D eigenvalue weighted by molar-refractivity contribution is 6.09. The number of nitro benzene ring substituents is 1. The van der Waals surface area contributed by atoms with Crippen LogP contribution in [-0.4, -0.2) is 31.0 Å². The third-order valence-electron chi connectivity index (χ3n) is 4.40. The molecule has 0 heterocycles. The molecule has 0 saturated carbocycles. The Kier molecular flexibility index (Phi) is 6.46. The second-order valence-corrected chi connectivity index (χ2v) is 6.30. The van der Waals surface area contributed by atoms with Crippen LogP contribution in [0.15, 0.2) is 66.7 Å². The van der Waals surface area contributed by atoms with E-state index in [9.17, 15) is 19.7 Å². The average molecular weight is 421 g/mol. The van der Waals surface area contributed by atoms with Crippen molar-refractivity contribution in [2.75, 3.05) is 24.9 Å². The van der Waals surface area contributed by atoms with E-state index < -0.39 is 16.7 Å². The van der Waals surface area contributed by atoms with Crippen molar-refractivity contribution < 1.29 is 24.0 Å². The van der Waals surface area contributed by atoms with Gasteiger partial charge >= 0.3 is 0 Å². The lowest BCUT2D eigenvalue weighted by Crippen LogP contribution is -2.16. The Hall–Kier alpha value is -4.40. The predicted molar refractivity (Wildman–Crippen MR) is 115 cm³/mol. The van der Waals surface area contributed by atoms with E-state index in [0.717, 1.165) is 0 Å². The van der Waals surface area contributed by atoms with Gasteiger partial charge in [-0.05, 0) is 36.4 Å². The molecule has 0 unspecified atom stereocenters. The average Bonchev–Trinajstić information content (AvgIpc) is 2.78. The molecule has 2 N–H and O–H groups in total. The van der Waals surface area contributed by atoms with Crippen molar-refractivity contribution >= 4 is 28.9 Å². The van der Waals surface area contributed by atoms with Crippen molar-refractivity contribution in [2.24, 2.45) is 0 Å². The maximum atomic E-state index is 12.7. The standard InChI is InChI=1S/C22H19N3O6/c1-30-19-9-5-3-7-15(19)21(26)23-14-11-12-18(25(28)29)17(13-14)24-22(27)16-8-4-6-10-20(16)31-2/h3-13H,1-2H3,(H,23,26)(H,24,27). The van der Waals surface area contributed by atoms with Gasteiger partial charge in [0.15, 0.2) is 0 Å². The summed E-state index contributed by atoms with van der Waals surface area (Å²) in [5.74, 6) is -0.350. The van der Waals surface area contributed by atoms with Crippen molar-refractivity contribution in [3.8, 4) is 11.5 Å². The van der Waals surface area contributed by atoms with Crippen LogP contribution in [0, 0.1) is 10.1 Å². The maximum Gasteiger partial charge on any atom is 0.292 e. The van der Waals surface area contributed by atoms with Crippen LogP contribution in [0.5, 0.6) is 11.5 Å². The molecule has 9 heteroatoms. The SMILES string of the molecule is COc1ccccc1C(=O)Nc1ccc([N+](=O)[O-])c(NC(=O)c2ccccc2OC)c1. The zero-order valence-electron chi connectivity index (χ0n) is 16.7. The fourth-order valence-corrected chi connectivity index (χ4v) is 2.93. The van der Waals surface area contributed by atoms with E-state index in [4.69, 9.17) is 9.47 Å². The number of methoxy groups -OCH3 is 2. The van der Waals surface area contributed by atoms with Gasteiger partial charge in [-0.2, -0.15) is 0 Å². The molecular weight excluding hydrogens is 402 g/mol. The lowest BCUT2D eigenvalue weighted by molar-refractivity contribution is -0.383. The van der Waals surface area contributed by atoms with Crippen LogP contribution in [0.1, 0.15) is 20.7 Å². The Morgan fingerprint density at radius 1 is 0.806 bits per heavy atom. The minimum atomic E-state index is -0.621. The first-order valence-electron chi connectivity index (χ1n) is 9.11. The summed E-state index contributed by atoms with van der Waals surface area (Å²) in [7, 11) is 2.87. The highest BCUT2D eigenvalue weighted by Gasteiger charge is 2.20. The van der Waals surface area contributed by atoms with Crippen LogP contribution in [-0.2, 0) is 0 Å². The van der Waals surface area contributed by atoms with E-state index in [1.165, 1.54) is 38.5 Å². The van der Waals surface area contributed by atoms with E-state index in [0.29, 0.717) is 17.1 Å². The van der Waals surface area contributed by atoms with Gasteiger partial charge in [-0.1, -0.05) is 24.3 Å². The van der Waals surface area contributed by atoms with Gasteiger partial charge in [0.2, 0.25) is 0 Å². The summed E-state index contributed by atoms with van der Waals surface area (Å²) in [4.78, 5) is 36.1. The minimum absolute atomic E-state index is 0.0706. The quantitative estimate of drug-likeness (QED) is 0.437. The lowest BCUT2D eigenvalue weighted by atomic mass is 10.1. The summed E-state index contributed by atoms with van der Waals surface area (Å²) < 4.78 is 10.3. The molecular formula is C22H19N3O6. The zero-order valence-corrected chi connectivity index (χ0v) is 16.7. The number of para-hydroxylation sites is 2. The number of hydrogen-bond acceptors (Lipinski definition) is 6. The number of nitrogens with one attached hydrogen (secondary N) is 2. The Morgan fingerprint density at radius 3 is 1.84 bits per heavy atom. The smallest absolute Gasteiger partial charge is 0.292 e. The number of rotatable bonds is 7. The fourth-order valence-electron chi connectivity index (χ4n) is 2.93. The van der Waals surface area contributed by atoms with Gasteiger partial charge in [-0.25, -0.2) is 0 Å². The fraction of sp³-hybridized carbons (Fsp3) is 0.0909.